The van der Waals surface area contributed by atoms with Crippen molar-refractivity contribution < 1.29 is 5.11 Å². The Labute approximate surface area is 108 Å². The minimum Gasteiger partial charge on any atom is -0.390 e. The van der Waals surface area contributed by atoms with E-state index < -0.39 is 0 Å². The standard InChI is InChI=1S/C13H11N3OS/c17-9-11-13(18-10-4-6-14-7-5-10)15-12-3-1-2-8-16(11)12/h1-8,17H,9H2. The van der Waals surface area contributed by atoms with Gasteiger partial charge in [-0.2, -0.15) is 0 Å². The number of hydrogen-bond donors (Lipinski definition) is 1. The highest BCUT2D eigenvalue weighted by Crippen LogP contribution is 2.29. The number of aromatic nitrogens is 3. The molecule has 0 fully saturated rings. The number of hydrogen-bond acceptors (Lipinski definition) is 4. The van der Waals surface area contributed by atoms with Crippen LogP contribution in [-0.2, 0) is 6.61 Å². The Hall–Kier alpha value is -1.85. The van der Waals surface area contributed by atoms with Crippen molar-refractivity contribution in [2.45, 2.75) is 16.5 Å². The normalized spacial score (nSPS) is 10.9. The summed E-state index contributed by atoms with van der Waals surface area (Å²) in [5.41, 5.74) is 1.66. The van der Waals surface area contributed by atoms with Gasteiger partial charge in [0.25, 0.3) is 0 Å². The lowest BCUT2D eigenvalue weighted by Crippen LogP contribution is -1.92. The van der Waals surface area contributed by atoms with E-state index in [2.05, 4.69) is 9.97 Å². The highest BCUT2D eigenvalue weighted by atomic mass is 32.2. The van der Waals surface area contributed by atoms with Crippen molar-refractivity contribution in [3.05, 3.63) is 54.6 Å². The Morgan fingerprint density at radius 1 is 1.17 bits per heavy atom. The highest BCUT2D eigenvalue weighted by molar-refractivity contribution is 7.99. The maximum atomic E-state index is 9.50. The smallest absolute Gasteiger partial charge is 0.138 e. The maximum absolute atomic E-state index is 9.50. The first-order chi connectivity index (χ1) is 8.88. The topological polar surface area (TPSA) is 50.4 Å². The number of nitrogens with zero attached hydrogens (tertiary/aromatic N) is 3. The lowest BCUT2D eigenvalue weighted by molar-refractivity contribution is 0.272. The SMILES string of the molecule is OCc1c(Sc2ccncc2)nc2ccccn12. The van der Waals surface area contributed by atoms with Crippen LogP contribution in [-0.4, -0.2) is 19.5 Å². The average molecular weight is 257 g/mol. The van der Waals surface area contributed by atoms with Gasteiger partial charge in [0.05, 0.1) is 12.3 Å². The van der Waals surface area contributed by atoms with E-state index >= 15 is 0 Å². The van der Waals surface area contributed by atoms with Crippen LogP contribution in [0.5, 0.6) is 0 Å². The summed E-state index contributed by atoms with van der Waals surface area (Å²) in [4.78, 5) is 9.57. The molecule has 0 amide bonds. The summed E-state index contributed by atoms with van der Waals surface area (Å²) < 4.78 is 1.91. The molecule has 3 aromatic heterocycles. The monoisotopic (exact) mass is 257 g/mol. The maximum Gasteiger partial charge on any atom is 0.138 e. The van der Waals surface area contributed by atoms with Gasteiger partial charge in [0.15, 0.2) is 0 Å². The fraction of sp³-hybridized carbons (Fsp3) is 0.0769. The first-order valence-electron chi connectivity index (χ1n) is 5.53. The van der Waals surface area contributed by atoms with Gasteiger partial charge >= 0.3 is 0 Å². The number of imidazole rings is 1. The number of aliphatic hydroxyl groups excluding tert-OH is 1. The first-order valence-corrected chi connectivity index (χ1v) is 6.35. The summed E-state index contributed by atoms with van der Waals surface area (Å²) >= 11 is 1.53. The third kappa shape index (κ3) is 1.98. The van der Waals surface area contributed by atoms with E-state index in [1.807, 2.05) is 40.9 Å². The second kappa shape index (κ2) is 4.80. The predicted molar refractivity (Wildman–Crippen MR) is 69.5 cm³/mol. The molecule has 3 aromatic rings. The third-order valence-corrected chi connectivity index (χ3v) is 3.63. The molecule has 90 valence electrons. The molecule has 0 radical (unpaired) electrons. The molecular formula is C13H11N3OS. The Morgan fingerprint density at radius 2 is 2.00 bits per heavy atom. The van der Waals surface area contributed by atoms with Crippen molar-refractivity contribution in [2.24, 2.45) is 0 Å². The molecular weight excluding hydrogens is 246 g/mol. The van der Waals surface area contributed by atoms with Gasteiger partial charge in [-0.25, -0.2) is 4.98 Å². The second-order valence-corrected chi connectivity index (χ2v) is 4.80. The summed E-state index contributed by atoms with van der Waals surface area (Å²) in [5.74, 6) is 0. The van der Waals surface area contributed by atoms with Gasteiger partial charge in [0.2, 0.25) is 0 Å². The molecule has 0 spiro atoms. The van der Waals surface area contributed by atoms with Crippen molar-refractivity contribution in [2.75, 3.05) is 0 Å². The van der Waals surface area contributed by atoms with E-state index in [1.54, 1.807) is 12.4 Å². The molecule has 0 aromatic carbocycles. The third-order valence-electron chi connectivity index (χ3n) is 2.61. The van der Waals surface area contributed by atoms with Gasteiger partial charge in [0, 0.05) is 23.5 Å². The van der Waals surface area contributed by atoms with E-state index in [0.29, 0.717) is 0 Å². The molecule has 0 aliphatic carbocycles. The number of rotatable bonds is 3. The van der Waals surface area contributed by atoms with E-state index in [4.69, 9.17) is 0 Å². The Kier molecular flexibility index (Phi) is 3.00. The molecule has 0 unspecified atom stereocenters. The Bertz CT molecular complexity index is 666. The molecule has 4 nitrogen and oxygen atoms in total. The minimum atomic E-state index is -0.0292. The molecule has 0 aliphatic rings. The molecule has 0 bridgehead atoms. The number of fused-ring (bicyclic) bond motifs is 1. The number of pyridine rings is 2. The molecule has 18 heavy (non-hydrogen) atoms. The summed E-state index contributed by atoms with van der Waals surface area (Å²) in [7, 11) is 0. The molecule has 0 atom stereocenters. The molecule has 3 heterocycles. The Balaban J connectivity index is 2.06. The van der Waals surface area contributed by atoms with Crippen LogP contribution in [0.25, 0.3) is 5.65 Å². The molecule has 0 saturated carbocycles. The van der Waals surface area contributed by atoms with Crippen molar-refractivity contribution in [3.63, 3.8) is 0 Å². The zero-order valence-corrected chi connectivity index (χ0v) is 10.3. The average Bonchev–Trinajstić information content (AvgIpc) is 2.77. The van der Waals surface area contributed by atoms with Gasteiger partial charge in [0.1, 0.15) is 10.7 Å². The van der Waals surface area contributed by atoms with E-state index in [-0.39, 0.29) is 6.61 Å². The molecule has 3 rings (SSSR count). The summed E-state index contributed by atoms with van der Waals surface area (Å²) in [6, 6.07) is 9.64. The van der Waals surface area contributed by atoms with E-state index in [9.17, 15) is 5.11 Å². The fourth-order valence-corrected chi connectivity index (χ4v) is 2.67. The molecule has 0 aliphatic heterocycles. The minimum absolute atomic E-state index is 0.0292. The Morgan fingerprint density at radius 3 is 2.78 bits per heavy atom. The molecule has 5 heteroatoms. The van der Waals surface area contributed by atoms with Crippen molar-refractivity contribution >= 4 is 17.4 Å². The lowest BCUT2D eigenvalue weighted by Gasteiger charge is -2.00. The summed E-state index contributed by atoms with van der Waals surface area (Å²) in [5, 5.41) is 10.3. The largest absolute Gasteiger partial charge is 0.390 e. The van der Waals surface area contributed by atoms with Crippen LogP contribution in [0.2, 0.25) is 0 Å². The van der Waals surface area contributed by atoms with Crippen LogP contribution < -0.4 is 0 Å². The van der Waals surface area contributed by atoms with Gasteiger partial charge in [-0.15, -0.1) is 0 Å². The van der Waals surface area contributed by atoms with Gasteiger partial charge in [-0.05, 0) is 24.3 Å². The van der Waals surface area contributed by atoms with E-state index in [1.165, 1.54) is 11.8 Å². The van der Waals surface area contributed by atoms with Crippen LogP contribution in [0.1, 0.15) is 5.69 Å². The molecule has 1 N–H and O–H groups in total. The highest BCUT2D eigenvalue weighted by Gasteiger charge is 2.11. The predicted octanol–water partition coefficient (Wildman–Crippen LogP) is 2.37. The van der Waals surface area contributed by atoms with Gasteiger partial charge in [-0.1, -0.05) is 17.8 Å². The van der Waals surface area contributed by atoms with Crippen molar-refractivity contribution in [3.8, 4) is 0 Å². The van der Waals surface area contributed by atoms with Gasteiger partial charge in [-0.3, -0.25) is 4.98 Å². The first kappa shape index (κ1) is 11.3. The quantitative estimate of drug-likeness (QED) is 0.782. The second-order valence-electron chi connectivity index (χ2n) is 3.74. The summed E-state index contributed by atoms with van der Waals surface area (Å²) in [6.07, 6.45) is 5.40. The fourth-order valence-electron chi connectivity index (χ4n) is 1.77. The van der Waals surface area contributed by atoms with Crippen LogP contribution in [0, 0.1) is 0 Å². The van der Waals surface area contributed by atoms with Crippen molar-refractivity contribution in [1.29, 1.82) is 0 Å². The lowest BCUT2D eigenvalue weighted by atomic mass is 10.4. The number of aliphatic hydroxyl groups is 1. The summed E-state index contributed by atoms with van der Waals surface area (Å²) in [6.45, 7) is -0.0292. The molecule has 0 saturated heterocycles. The van der Waals surface area contributed by atoms with Crippen LogP contribution >= 0.6 is 11.8 Å². The van der Waals surface area contributed by atoms with Crippen molar-refractivity contribution in [1.82, 2.24) is 14.4 Å². The zero-order valence-electron chi connectivity index (χ0n) is 9.52. The van der Waals surface area contributed by atoms with Gasteiger partial charge < -0.3 is 9.51 Å². The zero-order chi connectivity index (χ0) is 12.4. The van der Waals surface area contributed by atoms with Crippen LogP contribution in [0.15, 0.2) is 58.8 Å². The van der Waals surface area contributed by atoms with E-state index in [0.717, 1.165) is 21.3 Å². The van der Waals surface area contributed by atoms with Crippen LogP contribution in [0.4, 0.5) is 0 Å². The van der Waals surface area contributed by atoms with Crippen LogP contribution in [0.3, 0.4) is 0 Å².